The predicted octanol–water partition coefficient (Wildman–Crippen LogP) is 2.92. The van der Waals surface area contributed by atoms with Crippen molar-refractivity contribution in [3.8, 4) is 5.88 Å². The molecule has 22 heavy (non-hydrogen) atoms. The number of benzene rings is 1. The zero-order chi connectivity index (χ0) is 16.1. The minimum absolute atomic E-state index is 0.0170. The van der Waals surface area contributed by atoms with E-state index in [-0.39, 0.29) is 19.3 Å². The molecule has 0 spiro atoms. The van der Waals surface area contributed by atoms with Crippen molar-refractivity contribution in [2.45, 2.75) is 39.3 Å². The Bertz CT molecular complexity index is 627. The number of aliphatic hydroxyl groups excluding tert-OH is 1. The largest absolute Gasteiger partial charge is 0.474 e. The molecule has 1 N–H and O–H groups in total. The highest BCUT2D eigenvalue weighted by molar-refractivity contribution is 5.22. The monoisotopic (exact) mass is 310 g/mol. The van der Waals surface area contributed by atoms with Crippen molar-refractivity contribution in [1.29, 1.82) is 0 Å². The lowest BCUT2D eigenvalue weighted by molar-refractivity contribution is 0.230. The molecule has 2 rings (SSSR count). The third kappa shape index (κ3) is 4.27. The van der Waals surface area contributed by atoms with Crippen LogP contribution in [0, 0.1) is 11.6 Å². The average molecular weight is 310 g/mol. The van der Waals surface area contributed by atoms with Crippen molar-refractivity contribution in [3.05, 3.63) is 47.2 Å². The Kier molecular flexibility index (Phi) is 5.49. The molecule has 0 aliphatic rings. The number of rotatable bonds is 7. The molecule has 120 valence electrons. The van der Waals surface area contributed by atoms with Crippen molar-refractivity contribution in [2.24, 2.45) is 0 Å². The molecular formula is C16H20F2N2O2. The van der Waals surface area contributed by atoms with Crippen LogP contribution in [0.25, 0.3) is 0 Å². The average Bonchev–Trinajstić information content (AvgIpc) is 2.80. The van der Waals surface area contributed by atoms with Gasteiger partial charge >= 0.3 is 0 Å². The summed E-state index contributed by atoms with van der Waals surface area (Å²) in [5, 5.41) is 13.3. The Hall–Kier alpha value is -1.95. The van der Waals surface area contributed by atoms with Crippen LogP contribution < -0.4 is 4.74 Å². The Balaban J connectivity index is 2.24. The van der Waals surface area contributed by atoms with Crippen molar-refractivity contribution in [3.63, 3.8) is 0 Å². The molecule has 0 aliphatic heterocycles. The van der Waals surface area contributed by atoms with Gasteiger partial charge in [-0.1, -0.05) is 6.07 Å². The molecule has 2 aromatic rings. The van der Waals surface area contributed by atoms with E-state index in [0.29, 0.717) is 24.3 Å². The molecule has 1 aromatic carbocycles. The summed E-state index contributed by atoms with van der Waals surface area (Å²) in [5.41, 5.74) is 1.19. The van der Waals surface area contributed by atoms with Gasteiger partial charge in [-0.15, -0.1) is 5.10 Å². The van der Waals surface area contributed by atoms with Gasteiger partial charge in [0.1, 0.15) is 11.6 Å². The molecule has 6 heteroatoms. The van der Waals surface area contributed by atoms with E-state index in [1.807, 2.05) is 13.8 Å². The molecule has 1 heterocycles. The van der Waals surface area contributed by atoms with Crippen molar-refractivity contribution >= 4 is 0 Å². The summed E-state index contributed by atoms with van der Waals surface area (Å²) in [7, 11) is 0. The highest BCUT2D eigenvalue weighted by Gasteiger charge is 2.12. The highest BCUT2D eigenvalue weighted by Crippen LogP contribution is 2.18. The van der Waals surface area contributed by atoms with Crippen LogP contribution in [-0.4, -0.2) is 27.6 Å². The highest BCUT2D eigenvalue weighted by atomic mass is 19.1. The summed E-state index contributed by atoms with van der Waals surface area (Å²) in [6, 6.07) is 5.28. The number of hydrogen-bond acceptors (Lipinski definition) is 3. The SMILES string of the molecule is CC(C)Oc1cc(CCCO)n(Cc2ccc(F)cc2F)n1. The maximum atomic E-state index is 13.8. The molecule has 0 radical (unpaired) electrons. The third-order valence-corrected chi connectivity index (χ3v) is 3.12. The molecule has 0 fully saturated rings. The van der Waals surface area contributed by atoms with Gasteiger partial charge < -0.3 is 9.84 Å². The van der Waals surface area contributed by atoms with Gasteiger partial charge in [0.15, 0.2) is 0 Å². The lowest BCUT2D eigenvalue weighted by Crippen LogP contribution is -2.10. The number of hydrogen-bond donors (Lipinski definition) is 1. The molecule has 0 bridgehead atoms. The van der Waals surface area contributed by atoms with Gasteiger partial charge in [-0.3, -0.25) is 4.68 Å². The van der Waals surface area contributed by atoms with Gasteiger partial charge in [0.2, 0.25) is 5.88 Å². The van der Waals surface area contributed by atoms with E-state index in [9.17, 15) is 8.78 Å². The van der Waals surface area contributed by atoms with E-state index < -0.39 is 11.6 Å². The van der Waals surface area contributed by atoms with Gasteiger partial charge in [0.05, 0.1) is 12.6 Å². The second-order valence-corrected chi connectivity index (χ2v) is 5.36. The summed E-state index contributed by atoms with van der Waals surface area (Å²) >= 11 is 0. The van der Waals surface area contributed by atoms with E-state index >= 15 is 0 Å². The van der Waals surface area contributed by atoms with E-state index in [1.165, 1.54) is 12.1 Å². The van der Waals surface area contributed by atoms with Gasteiger partial charge in [0.25, 0.3) is 0 Å². The van der Waals surface area contributed by atoms with E-state index in [0.717, 1.165) is 11.8 Å². The number of nitrogens with zero attached hydrogens (tertiary/aromatic N) is 2. The Morgan fingerprint density at radius 2 is 2.05 bits per heavy atom. The van der Waals surface area contributed by atoms with Crippen LogP contribution >= 0.6 is 0 Å². The second-order valence-electron chi connectivity index (χ2n) is 5.36. The number of aliphatic hydroxyl groups is 1. The van der Waals surface area contributed by atoms with E-state index in [2.05, 4.69) is 5.10 Å². The first-order chi connectivity index (χ1) is 10.5. The Morgan fingerprint density at radius 1 is 1.27 bits per heavy atom. The fourth-order valence-corrected chi connectivity index (χ4v) is 2.14. The first-order valence-corrected chi connectivity index (χ1v) is 7.27. The molecular weight excluding hydrogens is 290 g/mol. The minimum atomic E-state index is -0.606. The van der Waals surface area contributed by atoms with E-state index in [1.54, 1.807) is 10.7 Å². The van der Waals surface area contributed by atoms with Crippen LogP contribution in [0.5, 0.6) is 5.88 Å². The topological polar surface area (TPSA) is 47.3 Å². The number of halogens is 2. The normalized spacial score (nSPS) is 11.2. The third-order valence-electron chi connectivity index (χ3n) is 3.12. The summed E-state index contributed by atoms with van der Waals surface area (Å²) in [4.78, 5) is 0. The lowest BCUT2D eigenvalue weighted by atomic mass is 10.2. The smallest absolute Gasteiger partial charge is 0.233 e. The number of aromatic nitrogens is 2. The summed E-state index contributed by atoms with van der Waals surface area (Å²) in [6.07, 6.45) is 1.17. The van der Waals surface area contributed by atoms with Crippen molar-refractivity contribution in [1.82, 2.24) is 9.78 Å². The van der Waals surface area contributed by atoms with Crippen LogP contribution in [0.1, 0.15) is 31.5 Å². The number of ether oxygens (including phenoxy) is 1. The molecule has 0 saturated carbocycles. The van der Waals surface area contributed by atoms with Crippen LogP contribution in [0.2, 0.25) is 0 Å². The Labute approximate surface area is 128 Å². The van der Waals surface area contributed by atoms with Gasteiger partial charge in [-0.05, 0) is 32.8 Å². The minimum Gasteiger partial charge on any atom is -0.474 e. The molecule has 4 nitrogen and oxygen atoms in total. The zero-order valence-corrected chi connectivity index (χ0v) is 12.7. The van der Waals surface area contributed by atoms with Crippen molar-refractivity contribution < 1.29 is 18.6 Å². The molecule has 0 amide bonds. The Morgan fingerprint density at radius 3 is 2.68 bits per heavy atom. The zero-order valence-electron chi connectivity index (χ0n) is 12.7. The van der Waals surface area contributed by atoms with Crippen LogP contribution in [0.3, 0.4) is 0 Å². The summed E-state index contributed by atoms with van der Waals surface area (Å²) < 4.78 is 33.9. The molecule has 0 unspecified atom stereocenters. The maximum absolute atomic E-state index is 13.8. The fraction of sp³-hybridized carbons (Fsp3) is 0.438. The first-order valence-electron chi connectivity index (χ1n) is 7.27. The predicted molar refractivity (Wildman–Crippen MR) is 78.9 cm³/mol. The molecule has 0 saturated heterocycles. The summed E-state index contributed by atoms with van der Waals surface area (Å²) in [5.74, 6) is -0.744. The maximum Gasteiger partial charge on any atom is 0.233 e. The lowest BCUT2D eigenvalue weighted by Gasteiger charge is -2.08. The van der Waals surface area contributed by atoms with E-state index in [4.69, 9.17) is 9.84 Å². The van der Waals surface area contributed by atoms with Crippen LogP contribution in [-0.2, 0) is 13.0 Å². The van der Waals surface area contributed by atoms with Crippen LogP contribution in [0.4, 0.5) is 8.78 Å². The second kappa shape index (κ2) is 7.35. The van der Waals surface area contributed by atoms with Gasteiger partial charge in [0, 0.05) is 30.0 Å². The summed E-state index contributed by atoms with van der Waals surface area (Å²) in [6.45, 7) is 4.04. The fourth-order valence-electron chi connectivity index (χ4n) is 2.14. The molecule has 1 aromatic heterocycles. The number of aryl methyl sites for hydroxylation is 1. The van der Waals surface area contributed by atoms with Crippen molar-refractivity contribution in [2.75, 3.05) is 6.61 Å². The molecule has 0 atom stereocenters. The van der Waals surface area contributed by atoms with Crippen LogP contribution in [0.15, 0.2) is 24.3 Å². The van der Waals surface area contributed by atoms with Gasteiger partial charge in [-0.2, -0.15) is 0 Å². The first kappa shape index (κ1) is 16.4. The quantitative estimate of drug-likeness (QED) is 0.855. The molecule has 0 aliphatic carbocycles. The van der Waals surface area contributed by atoms with Gasteiger partial charge in [-0.25, -0.2) is 8.78 Å². The standard InChI is InChI=1S/C16H20F2N2O2/c1-11(2)22-16-9-14(4-3-7-21)20(19-16)10-12-5-6-13(17)8-15(12)18/h5-6,8-9,11,21H,3-4,7,10H2,1-2H3.